The highest BCUT2D eigenvalue weighted by Crippen LogP contribution is 2.38. The molecule has 1 aromatic heterocycles. The normalized spacial score (nSPS) is 17.1. The van der Waals surface area contributed by atoms with E-state index in [1.54, 1.807) is 0 Å². The Kier molecular flexibility index (Phi) is 5.28. The van der Waals surface area contributed by atoms with E-state index in [9.17, 15) is 4.79 Å². The summed E-state index contributed by atoms with van der Waals surface area (Å²) in [5.41, 5.74) is 9.95. The van der Waals surface area contributed by atoms with Gasteiger partial charge in [-0.1, -0.05) is 24.8 Å². The van der Waals surface area contributed by atoms with Gasteiger partial charge < -0.3 is 20.7 Å². The molecule has 0 aliphatic carbocycles. The number of benzene rings is 2. The Balaban J connectivity index is 1.32. The molecule has 1 spiro atoms. The van der Waals surface area contributed by atoms with Crippen molar-refractivity contribution < 1.29 is 9.53 Å². The minimum atomic E-state index is -0.614. The van der Waals surface area contributed by atoms with E-state index in [-0.39, 0.29) is 11.7 Å². The van der Waals surface area contributed by atoms with Gasteiger partial charge in [0.05, 0.1) is 5.52 Å². The Morgan fingerprint density at radius 3 is 2.74 bits per heavy atom. The summed E-state index contributed by atoms with van der Waals surface area (Å²) in [6, 6.07) is 15.3. The number of hydrogen-bond acceptors (Lipinski definition) is 6. The zero-order chi connectivity index (χ0) is 23.9. The van der Waals surface area contributed by atoms with Crippen molar-refractivity contribution in [3.05, 3.63) is 77.5 Å². The molecule has 1 amide bonds. The first-order valence-electron chi connectivity index (χ1n) is 11.1. The number of aromatic nitrogens is 1. The molecule has 0 radical (unpaired) electrons. The highest BCUT2D eigenvalue weighted by Gasteiger charge is 2.42. The van der Waals surface area contributed by atoms with Crippen LogP contribution >= 0.6 is 0 Å². The number of nitrogens with one attached hydrogen (secondary N) is 1. The average Bonchev–Trinajstić information content (AvgIpc) is 2.84. The lowest BCUT2D eigenvalue weighted by molar-refractivity contribution is -0.0146. The lowest BCUT2D eigenvalue weighted by Crippen LogP contribution is -2.58. The van der Waals surface area contributed by atoms with Crippen LogP contribution in [0, 0.1) is 6.92 Å². The molecule has 8 heteroatoms. The Morgan fingerprint density at radius 1 is 1.21 bits per heavy atom. The number of nitrogens with two attached hydrogens (primary N) is 1. The number of para-hydroxylation sites is 1. The number of carbonyl (C=O) groups excluding carboxylic acids is 1. The molecule has 2 aliphatic heterocycles. The lowest BCUT2D eigenvalue weighted by Gasteiger charge is -2.46. The molecule has 1 fully saturated rings. The molecular formula is C26H26N6O2. The van der Waals surface area contributed by atoms with Gasteiger partial charge in [0.15, 0.2) is 11.6 Å². The molecule has 0 atom stereocenters. The quantitative estimate of drug-likeness (QED) is 0.358. The van der Waals surface area contributed by atoms with Crippen molar-refractivity contribution >= 4 is 35.1 Å². The minimum absolute atomic E-state index is 0.0611. The summed E-state index contributed by atoms with van der Waals surface area (Å²) in [7, 11) is 0. The summed E-state index contributed by atoms with van der Waals surface area (Å²) < 4.78 is 6.39. The first-order valence-corrected chi connectivity index (χ1v) is 11.1. The summed E-state index contributed by atoms with van der Waals surface area (Å²) in [4.78, 5) is 19.7. The number of rotatable bonds is 3. The number of pyridine rings is 1. The second kappa shape index (κ2) is 8.30. The summed E-state index contributed by atoms with van der Waals surface area (Å²) in [6.07, 6.45) is 1.24. The second-order valence-electron chi connectivity index (χ2n) is 8.67. The second-order valence-corrected chi connectivity index (χ2v) is 8.67. The third-order valence-electron chi connectivity index (χ3n) is 6.46. The molecule has 5 rings (SSSR count). The molecule has 3 N–H and O–H groups in total. The molecule has 172 valence electrons. The monoisotopic (exact) mass is 454 g/mol. The van der Waals surface area contributed by atoms with Crippen molar-refractivity contribution in [3.63, 3.8) is 0 Å². The van der Waals surface area contributed by atoms with E-state index >= 15 is 0 Å². The van der Waals surface area contributed by atoms with E-state index < -0.39 is 5.72 Å². The van der Waals surface area contributed by atoms with Gasteiger partial charge in [-0.25, -0.2) is 4.98 Å². The number of piperidine rings is 1. The number of ether oxygens (including phenoxy) is 1. The molecule has 0 unspecified atom stereocenters. The van der Waals surface area contributed by atoms with Crippen molar-refractivity contribution in [2.75, 3.05) is 13.1 Å². The van der Waals surface area contributed by atoms with Crippen molar-refractivity contribution in [3.8, 4) is 5.75 Å². The van der Waals surface area contributed by atoms with E-state index in [0.717, 1.165) is 33.5 Å². The fourth-order valence-electron chi connectivity index (χ4n) is 4.65. The molecular weight excluding hydrogens is 428 g/mol. The summed E-state index contributed by atoms with van der Waals surface area (Å²) in [5.74, 6) is 0.933. The Hall–Kier alpha value is -4.20. The maximum Gasteiger partial charge on any atom is 0.272 e. The lowest BCUT2D eigenvalue weighted by atomic mass is 9.95. The van der Waals surface area contributed by atoms with Crippen LogP contribution < -0.4 is 15.8 Å². The molecule has 8 nitrogen and oxygen atoms in total. The molecule has 2 aromatic carbocycles. The Morgan fingerprint density at radius 2 is 1.97 bits per heavy atom. The van der Waals surface area contributed by atoms with Crippen molar-refractivity contribution in [2.24, 2.45) is 15.9 Å². The number of carbonyl (C=O) groups is 1. The fourth-order valence-corrected chi connectivity index (χ4v) is 4.65. The van der Waals surface area contributed by atoms with E-state index in [0.29, 0.717) is 37.2 Å². The Bertz CT molecular complexity index is 1350. The Labute approximate surface area is 197 Å². The van der Waals surface area contributed by atoms with Gasteiger partial charge >= 0.3 is 0 Å². The zero-order valence-corrected chi connectivity index (χ0v) is 19.0. The van der Waals surface area contributed by atoms with Gasteiger partial charge in [0.2, 0.25) is 0 Å². The van der Waals surface area contributed by atoms with Gasteiger partial charge in [0.25, 0.3) is 5.91 Å². The maximum atomic E-state index is 13.2. The highest BCUT2D eigenvalue weighted by atomic mass is 16.5. The fraction of sp³-hybridized carbons (Fsp3) is 0.231. The van der Waals surface area contributed by atoms with Crippen LogP contribution in [0.25, 0.3) is 16.6 Å². The number of aryl methyl sites for hydroxylation is 1. The predicted molar refractivity (Wildman–Crippen MR) is 134 cm³/mol. The number of nitrogens with zero attached hydrogens (tertiary/aromatic N) is 4. The predicted octanol–water partition coefficient (Wildman–Crippen LogP) is 3.45. The van der Waals surface area contributed by atoms with Crippen LogP contribution in [-0.2, 0) is 0 Å². The number of likely N-dealkylation sites (tertiary alicyclic amines) is 1. The zero-order valence-electron chi connectivity index (χ0n) is 19.0. The summed E-state index contributed by atoms with van der Waals surface area (Å²) in [5, 5.41) is 11.8. The molecule has 0 bridgehead atoms. The van der Waals surface area contributed by atoms with Gasteiger partial charge in [-0.3, -0.25) is 4.79 Å². The molecule has 1 saturated heterocycles. The number of amides is 1. The topological polar surface area (TPSA) is 105 Å². The van der Waals surface area contributed by atoms with Crippen molar-refractivity contribution in [1.82, 2.24) is 15.2 Å². The van der Waals surface area contributed by atoms with Gasteiger partial charge in [0, 0.05) is 54.9 Å². The van der Waals surface area contributed by atoms with E-state index in [1.807, 2.05) is 60.4 Å². The minimum Gasteiger partial charge on any atom is -0.467 e. The van der Waals surface area contributed by atoms with Crippen molar-refractivity contribution in [2.45, 2.75) is 25.5 Å². The van der Waals surface area contributed by atoms with Crippen LogP contribution in [0.2, 0.25) is 0 Å². The first-order chi connectivity index (χ1) is 16.4. The smallest absolute Gasteiger partial charge is 0.272 e. The van der Waals surface area contributed by atoms with Crippen molar-refractivity contribution in [1.29, 1.82) is 0 Å². The first kappa shape index (κ1) is 21.6. The van der Waals surface area contributed by atoms with Gasteiger partial charge in [-0.05, 0) is 42.8 Å². The maximum absolute atomic E-state index is 13.2. The largest absolute Gasteiger partial charge is 0.467 e. The van der Waals surface area contributed by atoms with Gasteiger partial charge in [-0.15, -0.1) is 5.10 Å². The highest BCUT2D eigenvalue weighted by molar-refractivity contribution is 5.98. The van der Waals surface area contributed by atoms with Crippen LogP contribution in [-0.4, -0.2) is 47.2 Å². The molecule has 3 heterocycles. The number of fused-ring (bicyclic) bond motifs is 2. The van der Waals surface area contributed by atoms with Crippen LogP contribution in [0.4, 0.5) is 0 Å². The van der Waals surface area contributed by atoms with E-state index in [2.05, 4.69) is 33.8 Å². The average molecular weight is 455 g/mol. The van der Waals surface area contributed by atoms with Crippen LogP contribution in [0.1, 0.15) is 40.0 Å². The van der Waals surface area contributed by atoms with Gasteiger partial charge in [-0.2, -0.15) is 5.10 Å². The molecule has 2 aliphatic rings. The number of amidine groups is 1. The third-order valence-corrected chi connectivity index (χ3v) is 6.46. The van der Waals surface area contributed by atoms with Gasteiger partial charge in [0.1, 0.15) is 11.4 Å². The van der Waals surface area contributed by atoms with E-state index in [4.69, 9.17) is 10.5 Å². The van der Waals surface area contributed by atoms with Crippen LogP contribution in [0.5, 0.6) is 5.75 Å². The molecule has 3 aromatic rings. The summed E-state index contributed by atoms with van der Waals surface area (Å²) >= 11 is 0. The van der Waals surface area contributed by atoms with Crippen LogP contribution in [0.15, 0.2) is 65.3 Å². The SMILES string of the molecule is C=N/N=C(\N)c1ccc2c(c1)C(=C)NC1(CCN(C(=O)c3cc(C)c4ccccc4n3)CC1)O2. The standard InChI is InChI=1S/C26H26N6O2/c1-16-14-22(29-21-7-5-4-6-19(16)21)25(33)32-12-10-26(11-13-32)30-17(2)20-15-18(24(27)31-28-3)8-9-23(20)34-26/h4-9,14-15,30H,2-3,10-13H2,1H3,(H2,27,31). The van der Waals surface area contributed by atoms with Crippen LogP contribution in [0.3, 0.4) is 0 Å². The molecule has 0 saturated carbocycles. The third kappa shape index (κ3) is 3.77. The van der Waals surface area contributed by atoms with E-state index in [1.165, 1.54) is 0 Å². The number of hydrogen-bond donors (Lipinski definition) is 2. The summed E-state index contributed by atoms with van der Waals surface area (Å²) in [6.45, 7) is 10.6. The molecule has 34 heavy (non-hydrogen) atoms.